The molecule has 0 bridgehead atoms. The second kappa shape index (κ2) is 3.70. The van der Waals surface area contributed by atoms with Gasteiger partial charge in [-0.25, -0.2) is 9.97 Å². The van der Waals surface area contributed by atoms with E-state index in [-0.39, 0.29) is 6.10 Å². The van der Waals surface area contributed by atoms with Gasteiger partial charge in [0.05, 0.1) is 0 Å². The molecule has 1 aromatic rings. The van der Waals surface area contributed by atoms with Crippen LogP contribution < -0.4 is 10.1 Å². The number of nitrogens with zero attached hydrogens (tertiary/aromatic N) is 2. The quantitative estimate of drug-likeness (QED) is 0.719. The van der Waals surface area contributed by atoms with Gasteiger partial charge in [-0.05, 0) is 26.0 Å². The van der Waals surface area contributed by atoms with Crippen LogP contribution in [-0.4, -0.2) is 29.2 Å². The summed E-state index contributed by atoms with van der Waals surface area (Å²) in [6.45, 7) is 3.86. The van der Waals surface area contributed by atoms with Crippen molar-refractivity contribution >= 4 is 0 Å². The molecule has 2 heterocycles. The van der Waals surface area contributed by atoms with E-state index in [1.54, 1.807) is 6.20 Å². The molecule has 1 saturated heterocycles. The second-order valence-corrected chi connectivity index (χ2v) is 3.21. The molecule has 70 valence electrons. The highest BCUT2D eigenvalue weighted by Gasteiger charge is 2.16. The summed E-state index contributed by atoms with van der Waals surface area (Å²) in [5, 5.41) is 3.23. The molecule has 13 heavy (non-hydrogen) atoms. The minimum Gasteiger partial charge on any atom is -0.459 e. The first-order chi connectivity index (χ1) is 6.34. The van der Waals surface area contributed by atoms with Crippen LogP contribution in [0.15, 0.2) is 12.3 Å². The molecule has 0 aromatic carbocycles. The molecule has 0 aliphatic carbocycles. The van der Waals surface area contributed by atoms with E-state index < -0.39 is 0 Å². The first-order valence-electron chi connectivity index (χ1n) is 4.51. The maximum Gasteiger partial charge on any atom is 0.316 e. The van der Waals surface area contributed by atoms with Gasteiger partial charge in [-0.15, -0.1) is 0 Å². The van der Waals surface area contributed by atoms with Crippen LogP contribution in [0.2, 0.25) is 0 Å². The Balaban J connectivity index is 2.00. The first-order valence-corrected chi connectivity index (χ1v) is 4.51. The molecule has 1 atom stereocenters. The Kier molecular flexibility index (Phi) is 2.40. The van der Waals surface area contributed by atoms with E-state index in [0.29, 0.717) is 6.01 Å². The predicted octanol–water partition coefficient (Wildman–Crippen LogP) is 0.526. The van der Waals surface area contributed by atoms with Gasteiger partial charge in [-0.2, -0.15) is 0 Å². The van der Waals surface area contributed by atoms with Crippen LogP contribution in [0.5, 0.6) is 6.01 Å². The van der Waals surface area contributed by atoms with E-state index in [1.165, 1.54) is 0 Å². The highest BCUT2D eigenvalue weighted by Crippen LogP contribution is 2.08. The van der Waals surface area contributed by atoms with Crippen molar-refractivity contribution in [1.29, 1.82) is 0 Å². The molecular weight excluding hydrogens is 166 g/mol. The number of hydrogen-bond donors (Lipinski definition) is 1. The fourth-order valence-electron chi connectivity index (χ4n) is 1.36. The van der Waals surface area contributed by atoms with Crippen LogP contribution >= 0.6 is 0 Å². The van der Waals surface area contributed by atoms with Gasteiger partial charge in [0.25, 0.3) is 0 Å². The average Bonchev–Trinajstić information content (AvgIpc) is 2.57. The van der Waals surface area contributed by atoms with Crippen molar-refractivity contribution in [2.45, 2.75) is 19.4 Å². The molecule has 0 amide bonds. The SMILES string of the molecule is Cc1ccnc(O[C@@H]2CCNC2)n1. The Morgan fingerprint density at radius 1 is 1.62 bits per heavy atom. The summed E-state index contributed by atoms with van der Waals surface area (Å²) < 4.78 is 5.57. The maximum atomic E-state index is 5.57. The average molecular weight is 179 g/mol. The normalized spacial score (nSPS) is 21.8. The molecule has 0 unspecified atom stereocenters. The zero-order chi connectivity index (χ0) is 9.10. The molecule has 1 fully saturated rings. The lowest BCUT2D eigenvalue weighted by Crippen LogP contribution is -2.20. The third-order valence-electron chi connectivity index (χ3n) is 2.06. The zero-order valence-electron chi connectivity index (χ0n) is 7.66. The van der Waals surface area contributed by atoms with Crippen LogP contribution in [0.4, 0.5) is 0 Å². The van der Waals surface area contributed by atoms with Gasteiger partial charge in [0.15, 0.2) is 0 Å². The fraction of sp³-hybridized carbons (Fsp3) is 0.556. The fourth-order valence-corrected chi connectivity index (χ4v) is 1.36. The van der Waals surface area contributed by atoms with Gasteiger partial charge in [0, 0.05) is 18.4 Å². The Labute approximate surface area is 77.4 Å². The molecule has 0 spiro atoms. The molecular formula is C9H13N3O. The summed E-state index contributed by atoms with van der Waals surface area (Å²) in [7, 11) is 0. The molecule has 4 heteroatoms. The number of ether oxygens (including phenoxy) is 1. The topological polar surface area (TPSA) is 47.0 Å². The van der Waals surface area contributed by atoms with Gasteiger partial charge < -0.3 is 10.1 Å². The Morgan fingerprint density at radius 2 is 2.54 bits per heavy atom. The van der Waals surface area contributed by atoms with Gasteiger partial charge >= 0.3 is 6.01 Å². The van der Waals surface area contributed by atoms with Crippen LogP contribution in [-0.2, 0) is 0 Å². The van der Waals surface area contributed by atoms with Crippen molar-refractivity contribution in [3.05, 3.63) is 18.0 Å². The van der Waals surface area contributed by atoms with Crippen molar-refractivity contribution in [2.75, 3.05) is 13.1 Å². The molecule has 4 nitrogen and oxygen atoms in total. The van der Waals surface area contributed by atoms with E-state index in [9.17, 15) is 0 Å². The van der Waals surface area contributed by atoms with Crippen LogP contribution in [0.1, 0.15) is 12.1 Å². The van der Waals surface area contributed by atoms with Crippen LogP contribution in [0.3, 0.4) is 0 Å². The largest absolute Gasteiger partial charge is 0.459 e. The second-order valence-electron chi connectivity index (χ2n) is 3.21. The standard InChI is InChI=1S/C9H13N3O/c1-7-2-5-11-9(12-7)13-8-3-4-10-6-8/h2,5,8,10H,3-4,6H2,1H3/t8-/m1/s1. The number of aromatic nitrogens is 2. The molecule has 1 aliphatic heterocycles. The molecule has 1 N–H and O–H groups in total. The Morgan fingerprint density at radius 3 is 3.23 bits per heavy atom. The molecule has 0 saturated carbocycles. The number of rotatable bonds is 2. The van der Waals surface area contributed by atoms with Crippen molar-refractivity contribution < 1.29 is 4.74 Å². The van der Waals surface area contributed by atoms with Crippen molar-refractivity contribution in [2.24, 2.45) is 0 Å². The van der Waals surface area contributed by atoms with Crippen LogP contribution in [0.25, 0.3) is 0 Å². The zero-order valence-corrected chi connectivity index (χ0v) is 7.66. The number of nitrogens with one attached hydrogen (secondary N) is 1. The third kappa shape index (κ3) is 2.15. The van der Waals surface area contributed by atoms with Crippen molar-refractivity contribution in [3.63, 3.8) is 0 Å². The van der Waals surface area contributed by atoms with E-state index in [0.717, 1.165) is 25.2 Å². The summed E-state index contributed by atoms with van der Waals surface area (Å²) in [6, 6.07) is 2.36. The van der Waals surface area contributed by atoms with Crippen molar-refractivity contribution in [3.8, 4) is 6.01 Å². The van der Waals surface area contributed by atoms with Crippen LogP contribution in [0, 0.1) is 6.92 Å². The molecule has 2 rings (SSSR count). The smallest absolute Gasteiger partial charge is 0.316 e. The Bertz CT molecular complexity index is 284. The lowest BCUT2D eigenvalue weighted by Gasteiger charge is -2.09. The molecule has 1 aromatic heterocycles. The van der Waals surface area contributed by atoms with Crippen molar-refractivity contribution in [1.82, 2.24) is 15.3 Å². The summed E-state index contributed by atoms with van der Waals surface area (Å²) in [5.41, 5.74) is 0.941. The molecule has 0 radical (unpaired) electrons. The van der Waals surface area contributed by atoms with E-state index in [1.807, 2.05) is 13.0 Å². The summed E-state index contributed by atoms with van der Waals surface area (Å²) in [4.78, 5) is 8.22. The first kappa shape index (κ1) is 8.44. The monoisotopic (exact) mass is 179 g/mol. The summed E-state index contributed by atoms with van der Waals surface area (Å²) in [6.07, 6.45) is 3.00. The van der Waals surface area contributed by atoms with E-state index in [4.69, 9.17) is 4.74 Å². The maximum absolute atomic E-state index is 5.57. The van der Waals surface area contributed by atoms with Gasteiger partial charge in [-0.3, -0.25) is 0 Å². The van der Waals surface area contributed by atoms with Gasteiger partial charge in [-0.1, -0.05) is 0 Å². The van der Waals surface area contributed by atoms with Gasteiger partial charge in [0.2, 0.25) is 0 Å². The Hall–Kier alpha value is -1.16. The number of hydrogen-bond acceptors (Lipinski definition) is 4. The van der Waals surface area contributed by atoms with E-state index in [2.05, 4.69) is 15.3 Å². The number of aryl methyl sites for hydroxylation is 1. The third-order valence-corrected chi connectivity index (χ3v) is 2.06. The molecule has 1 aliphatic rings. The summed E-state index contributed by atoms with van der Waals surface area (Å²) >= 11 is 0. The minimum atomic E-state index is 0.238. The summed E-state index contributed by atoms with van der Waals surface area (Å²) in [5.74, 6) is 0. The predicted molar refractivity (Wildman–Crippen MR) is 48.7 cm³/mol. The highest BCUT2D eigenvalue weighted by molar-refractivity contribution is 5.03. The highest BCUT2D eigenvalue weighted by atomic mass is 16.5. The lowest BCUT2D eigenvalue weighted by atomic mass is 10.3. The minimum absolute atomic E-state index is 0.238. The lowest BCUT2D eigenvalue weighted by molar-refractivity contribution is 0.204. The van der Waals surface area contributed by atoms with E-state index >= 15 is 0 Å². The van der Waals surface area contributed by atoms with Gasteiger partial charge in [0.1, 0.15) is 6.10 Å².